The topological polar surface area (TPSA) is 150 Å². The zero-order valence-corrected chi connectivity index (χ0v) is 84.1. The van der Waals surface area contributed by atoms with Crippen LogP contribution in [0.2, 0.25) is 0 Å². The van der Waals surface area contributed by atoms with E-state index in [1.165, 1.54) is 19.6 Å². The Morgan fingerprint density at radius 1 is 0.181 bits per heavy atom. The van der Waals surface area contributed by atoms with Crippen LogP contribution in [0.15, 0.2) is 217 Å². The van der Waals surface area contributed by atoms with E-state index in [-0.39, 0.29) is 106 Å². The Morgan fingerprint density at radius 2 is 0.377 bits per heavy atom. The summed E-state index contributed by atoms with van der Waals surface area (Å²) in [7, 11) is 0. The molecule has 0 N–H and O–H groups in total. The van der Waals surface area contributed by atoms with Crippen LogP contribution in [0.1, 0.15) is 347 Å². The van der Waals surface area contributed by atoms with Gasteiger partial charge in [0.05, 0.1) is 22.7 Å². The maximum absolute atomic E-state index is 15.9. The van der Waals surface area contributed by atoms with Gasteiger partial charge in [-0.15, -0.1) is 22.7 Å². The first-order valence-electron chi connectivity index (χ1n) is 49.0. The van der Waals surface area contributed by atoms with Crippen molar-refractivity contribution in [3.63, 3.8) is 0 Å². The van der Waals surface area contributed by atoms with Gasteiger partial charge in [-0.1, -0.05) is 284 Å². The molecule has 0 spiro atoms. The van der Waals surface area contributed by atoms with Crippen LogP contribution in [0.5, 0.6) is 0 Å². The van der Waals surface area contributed by atoms with E-state index in [0.29, 0.717) is 88.8 Å². The van der Waals surface area contributed by atoms with Crippen molar-refractivity contribution in [1.82, 2.24) is 0 Å². The molecular formula is C124H112N4O8S2. The van der Waals surface area contributed by atoms with E-state index < -0.39 is 0 Å². The molecule has 16 aromatic carbocycles. The molecule has 0 unspecified atom stereocenters. The summed E-state index contributed by atoms with van der Waals surface area (Å²) in [4.78, 5) is 132. The summed E-state index contributed by atoms with van der Waals surface area (Å²) in [6, 6.07) is 69.3. The molecule has 0 saturated carbocycles. The molecule has 0 saturated heterocycles. The normalized spacial score (nSPS) is 14.1. The lowest BCUT2D eigenvalue weighted by atomic mass is 9.76. The number of hydrogen-bond acceptors (Lipinski definition) is 10. The number of carbonyl (C=O) groups excluding carboxylic acids is 8. The minimum absolute atomic E-state index is 0.0448. The van der Waals surface area contributed by atoms with Crippen LogP contribution in [0, 0.1) is 13.8 Å². The number of rotatable bonds is 18. The van der Waals surface area contributed by atoms with Crippen LogP contribution in [-0.2, 0) is 0 Å². The lowest BCUT2D eigenvalue weighted by Gasteiger charge is -2.35. The van der Waals surface area contributed by atoms with E-state index in [9.17, 15) is 0 Å². The summed E-state index contributed by atoms with van der Waals surface area (Å²) in [5.41, 5.74) is 23.9. The first kappa shape index (κ1) is 90.5. The van der Waals surface area contributed by atoms with Crippen molar-refractivity contribution in [3.05, 3.63) is 328 Å². The van der Waals surface area contributed by atoms with Gasteiger partial charge in [0, 0.05) is 86.9 Å². The largest absolute Gasteiger partial charge is 0.268 e. The maximum Gasteiger partial charge on any atom is 0.266 e. The number of nitrogens with zero attached hydrogens (tertiary/aromatic N) is 4. The first-order chi connectivity index (χ1) is 66.1. The highest BCUT2D eigenvalue weighted by Gasteiger charge is 2.47. The molecule has 0 radical (unpaired) electrons. The van der Waals surface area contributed by atoms with Gasteiger partial charge >= 0.3 is 0 Å². The highest BCUT2D eigenvalue weighted by atomic mass is 32.1. The average molecular weight is 1850 g/mol. The number of fused-ring (bicyclic) bond motifs is 4. The van der Waals surface area contributed by atoms with E-state index >= 15 is 38.4 Å². The number of imide groups is 4. The number of anilines is 4. The second kappa shape index (κ2) is 33.5. The summed E-state index contributed by atoms with van der Waals surface area (Å²) in [5.74, 6) is -2.09. The molecular weight excluding hydrogens is 1740 g/mol. The minimum atomic E-state index is -0.352. The third kappa shape index (κ3) is 13.2. The third-order valence-corrected chi connectivity index (χ3v) is 32.0. The summed E-state index contributed by atoms with van der Waals surface area (Å²) in [5, 5.41) is 17.0. The van der Waals surface area contributed by atoms with Gasteiger partial charge in [0.2, 0.25) is 0 Å². The quantitative estimate of drug-likeness (QED) is 0.0468. The van der Waals surface area contributed by atoms with E-state index in [4.69, 9.17) is 0 Å². The lowest BCUT2D eigenvalue weighted by molar-refractivity contribution is 0.0877. The van der Waals surface area contributed by atoms with Gasteiger partial charge in [0.1, 0.15) is 0 Å². The monoisotopic (exact) mass is 1850 g/mol. The number of amides is 8. The summed E-state index contributed by atoms with van der Waals surface area (Å²) >= 11 is 3.24. The second-order valence-corrected chi connectivity index (χ2v) is 43.4. The van der Waals surface area contributed by atoms with E-state index in [1.54, 1.807) is 22.7 Å². The van der Waals surface area contributed by atoms with Gasteiger partial charge in [0.15, 0.2) is 0 Å². The summed E-state index contributed by atoms with van der Waals surface area (Å²) < 4.78 is 0. The molecule has 0 aliphatic carbocycles. The Kier molecular flexibility index (Phi) is 22.0. The Morgan fingerprint density at radius 3 is 0.587 bits per heavy atom. The highest BCUT2D eigenvalue weighted by Crippen LogP contribution is 2.59. The van der Waals surface area contributed by atoms with Gasteiger partial charge in [-0.25, -0.2) is 19.6 Å². The van der Waals surface area contributed by atoms with Gasteiger partial charge in [-0.2, -0.15) is 0 Å². The average Bonchev–Trinajstić information content (AvgIpc) is 0.756. The number of aryl methyl sites for hydroxylation is 2. The maximum atomic E-state index is 15.9. The first-order valence-corrected chi connectivity index (χ1v) is 50.7. The van der Waals surface area contributed by atoms with Crippen molar-refractivity contribution in [1.29, 1.82) is 0 Å². The van der Waals surface area contributed by atoms with Crippen LogP contribution in [0.3, 0.4) is 0 Å². The van der Waals surface area contributed by atoms with E-state index in [2.05, 4.69) is 224 Å². The molecule has 4 aliphatic heterocycles. The fourth-order valence-electron chi connectivity index (χ4n) is 23.4. The van der Waals surface area contributed by atoms with Crippen LogP contribution in [0.25, 0.3) is 129 Å². The number of para-hydroxylation sites is 4. The van der Waals surface area contributed by atoms with Crippen molar-refractivity contribution in [2.75, 3.05) is 19.6 Å². The molecule has 4 aliphatic rings. The Bertz CT molecular complexity index is 7810. The molecule has 18 aromatic rings. The second-order valence-electron chi connectivity index (χ2n) is 41.5. The Labute approximate surface area is 814 Å². The summed E-state index contributed by atoms with van der Waals surface area (Å²) in [6.07, 6.45) is 0. The molecule has 8 amide bonds. The van der Waals surface area contributed by atoms with Crippen molar-refractivity contribution in [2.45, 2.75) is 212 Å². The number of hydrogen-bond donors (Lipinski definition) is 0. The van der Waals surface area contributed by atoms with E-state index in [1.807, 2.05) is 146 Å². The predicted molar refractivity (Wildman–Crippen MR) is 573 cm³/mol. The fraction of sp³-hybridized carbons (Fsp3) is 0.258. The molecule has 0 bridgehead atoms. The molecule has 12 nitrogen and oxygen atoms in total. The molecule has 688 valence electrons. The van der Waals surface area contributed by atoms with E-state index in [0.717, 1.165) is 175 Å². The van der Waals surface area contributed by atoms with Crippen molar-refractivity contribution >= 4 is 179 Å². The van der Waals surface area contributed by atoms with Gasteiger partial charge in [0.25, 0.3) is 47.3 Å². The lowest BCUT2D eigenvalue weighted by Crippen LogP contribution is -2.42. The molecule has 22 rings (SSSR count). The van der Waals surface area contributed by atoms with Gasteiger partial charge < -0.3 is 0 Å². The minimum Gasteiger partial charge on any atom is -0.268 e. The third-order valence-electron chi connectivity index (χ3n) is 29.9. The molecule has 6 heterocycles. The fourth-order valence-corrected chi connectivity index (χ4v) is 25.3. The van der Waals surface area contributed by atoms with Crippen LogP contribution in [0.4, 0.5) is 22.7 Å². The number of carbonyl (C=O) groups is 8. The number of benzene rings is 16. The zero-order valence-electron chi connectivity index (χ0n) is 82.4. The Hall–Kier alpha value is -13.9. The van der Waals surface area contributed by atoms with Crippen LogP contribution >= 0.6 is 22.7 Å². The van der Waals surface area contributed by atoms with Crippen molar-refractivity contribution < 1.29 is 38.4 Å². The van der Waals surface area contributed by atoms with Crippen molar-refractivity contribution in [3.8, 4) is 43.1 Å². The standard InChI is InChI=1S/C66H62N2O4.C58H50N2O4S2/c1-33(2)39-19-13-15-21-45(39)51-31-53-57-49(63(69)67(65(53)71)61-41(35(5)6)23-17-24-42(61)36(7)8)30-28-48-56-52(46-22-16-14-20-40(46)34(3)4)32-54-58-50(29-27-47(60(56)58)55(51)59(48)57)64(70)68(66(54)72)62-43(37(9)10)25-18-26-44(62)38(11)12;1-27(2)33-13-11-14-34(28(3)4)51(33)59-55(61)39-19-17-37-46-42(54-32(10)22-24-66-54)26-44-48-40(56(62)60(58(44)64)52-35(29(5)6)15-12-16-36(52)30(7)8)20-18-38(50(46)48)45-41(53-31(9)21-23-65-53)25-43(57(59)63)47(39)49(37)45/h13-38H,1-12H3;11-30H,1-10H3. The predicted octanol–water partition coefficient (Wildman–Crippen LogP) is 33.3. The highest BCUT2D eigenvalue weighted by molar-refractivity contribution is 7.14. The van der Waals surface area contributed by atoms with Crippen molar-refractivity contribution in [2.24, 2.45) is 0 Å². The molecule has 0 atom stereocenters. The SMILES string of the molecule is CC(C)c1ccccc1-c1cc2c3c(ccc4c5c(-c6ccccc6C(C)C)cc6c7c(ccc(c1c34)c75)C(=O)N(c1c(C(C)C)cccc1C(C)C)C6=O)C(=O)N(c1c(C(C)C)cccc1C(C)C)C2=O.Cc1ccsc1-c1cc2c3c(ccc4c5c(-c6sccc6C)cc6c7c(ccc(c1c34)c75)C(=O)N(c1c(C(C)C)cccc1C(C)C)C6=O)C(=O)N(c1c(C(C)C)cccc1C(C)C)C2=O. The number of thiophene rings is 2. The summed E-state index contributed by atoms with van der Waals surface area (Å²) in [6.45, 7) is 46.6. The van der Waals surface area contributed by atoms with Crippen LogP contribution < -0.4 is 19.6 Å². The smallest absolute Gasteiger partial charge is 0.266 e. The molecule has 138 heavy (non-hydrogen) atoms. The molecule has 14 heteroatoms. The molecule has 0 fully saturated rings. The molecule has 2 aromatic heterocycles. The van der Waals surface area contributed by atoms with Gasteiger partial charge in [-0.3, -0.25) is 38.4 Å². The van der Waals surface area contributed by atoms with Crippen LogP contribution in [-0.4, -0.2) is 47.3 Å². The Balaban J connectivity index is 0.000000165. The van der Waals surface area contributed by atoms with Gasteiger partial charge in [-0.05, 0) is 298 Å². The zero-order chi connectivity index (χ0) is 97.3.